The molecule has 0 spiro atoms. The molecular weight excluding hydrogens is 162 g/mol. The lowest BCUT2D eigenvalue weighted by molar-refractivity contribution is 0.0957. The summed E-state index contributed by atoms with van der Waals surface area (Å²) >= 11 is 1.36. The second kappa shape index (κ2) is 3.36. The first-order chi connectivity index (χ1) is 5.27. The quantitative estimate of drug-likeness (QED) is 0.342. The molecule has 0 bridgehead atoms. The maximum atomic E-state index is 10.9. The monoisotopic (exact) mass is 171 g/mol. The van der Waals surface area contributed by atoms with E-state index in [2.05, 4.69) is 10.7 Å². The number of carbonyl (C=O) groups is 1. The van der Waals surface area contributed by atoms with E-state index in [-0.39, 0.29) is 5.91 Å². The highest BCUT2D eigenvalue weighted by atomic mass is 32.1. The van der Waals surface area contributed by atoms with Crippen LogP contribution in [0.25, 0.3) is 0 Å². The number of nitrogen functional groups attached to an aromatic ring is 1. The summed E-state index contributed by atoms with van der Waals surface area (Å²) in [5, 5.41) is 3.87. The summed E-state index contributed by atoms with van der Waals surface area (Å²) in [4.78, 5) is 11.5. The van der Waals surface area contributed by atoms with Gasteiger partial charge in [0.05, 0.1) is 9.88 Å². The van der Waals surface area contributed by atoms with Gasteiger partial charge in [0.15, 0.2) is 0 Å². The van der Waals surface area contributed by atoms with E-state index in [0.717, 1.165) is 5.00 Å². The number of amides is 1. The topological polar surface area (TPSA) is 67.2 Å². The maximum Gasteiger partial charge on any atom is 0.275 e. The van der Waals surface area contributed by atoms with Gasteiger partial charge >= 0.3 is 0 Å². The van der Waals surface area contributed by atoms with E-state index in [4.69, 9.17) is 5.84 Å². The molecule has 1 aromatic heterocycles. The van der Waals surface area contributed by atoms with Crippen molar-refractivity contribution >= 4 is 22.2 Å². The molecule has 0 aliphatic rings. The molecule has 4 N–H and O–H groups in total. The Morgan fingerprint density at radius 3 is 2.82 bits per heavy atom. The van der Waals surface area contributed by atoms with Gasteiger partial charge in [0.1, 0.15) is 0 Å². The number of rotatable bonds is 2. The minimum absolute atomic E-state index is 0.253. The molecule has 1 amide bonds. The average Bonchev–Trinajstić information content (AvgIpc) is 2.50. The smallest absolute Gasteiger partial charge is 0.275 e. The number of carbonyl (C=O) groups excluding carboxylic acids is 1. The predicted molar refractivity (Wildman–Crippen MR) is 45.5 cm³/mol. The Morgan fingerprint density at radius 1 is 1.64 bits per heavy atom. The van der Waals surface area contributed by atoms with Crippen LogP contribution in [-0.4, -0.2) is 13.0 Å². The Balaban J connectivity index is 2.80. The van der Waals surface area contributed by atoms with Gasteiger partial charge in [-0.2, -0.15) is 0 Å². The van der Waals surface area contributed by atoms with E-state index in [9.17, 15) is 4.79 Å². The van der Waals surface area contributed by atoms with Crippen molar-refractivity contribution < 1.29 is 4.79 Å². The zero-order chi connectivity index (χ0) is 8.27. The van der Waals surface area contributed by atoms with Crippen LogP contribution in [0.2, 0.25) is 0 Å². The summed E-state index contributed by atoms with van der Waals surface area (Å²) in [6.07, 6.45) is 0. The van der Waals surface area contributed by atoms with Gasteiger partial charge in [-0.15, -0.1) is 11.3 Å². The first-order valence-corrected chi connectivity index (χ1v) is 3.88. The summed E-state index contributed by atoms with van der Waals surface area (Å²) in [7, 11) is 1.80. The SMILES string of the molecule is CNc1ccc(C(=O)NN)s1. The van der Waals surface area contributed by atoms with Crippen molar-refractivity contribution in [2.24, 2.45) is 5.84 Å². The summed E-state index contributed by atoms with van der Waals surface area (Å²) in [5.41, 5.74) is 2.06. The Morgan fingerprint density at radius 2 is 2.36 bits per heavy atom. The molecule has 0 atom stereocenters. The van der Waals surface area contributed by atoms with Gasteiger partial charge in [-0.3, -0.25) is 10.2 Å². The number of nitrogens with one attached hydrogen (secondary N) is 2. The molecule has 5 heteroatoms. The van der Waals surface area contributed by atoms with Gasteiger partial charge in [0.2, 0.25) is 0 Å². The van der Waals surface area contributed by atoms with E-state index in [1.165, 1.54) is 11.3 Å². The third kappa shape index (κ3) is 1.69. The molecule has 11 heavy (non-hydrogen) atoms. The number of thiophene rings is 1. The molecule has 0 aliphatic carbocycles. The highest BCUT2D eigenvalue weighted by Gasteiger charge is 2.05. The van der Waals surface area contributed by atoms with Gasteiger partial charge in [-0.05, 0) is 12.1 Å². The highest BCUT2D eigenvalue weighted by molar-refractivity contribution is 7.17. The van der Waals surface area contributed by atoms with Crippen LogP contribution in [0, 0.1) is 0 Å². The van der Waals surface area contributed by atoms with E-state index in [1.54, 1.807) is 13.1 Å². The number of hydrazine groups is 1. The Kier molecular flexibility index (Phi) is 2.45. The lowest BCUT2D eigenvalue weighted by Crippen LogP contribution is -2.29. The molecule has 1 aromatic rings. The van der Waals surface area contributed by atoms with E-state index >= 15 is 0 Å². The van der Waals surface area contributed by atoms with Gasteiger partial charge in [-0.1, -0.05) is 0 Å². The van der Waals surface area contributed by atoms with Crippen molar-refractivity contribution in [2.45, 2.75) is 0 Å². The molecule has 0 radical (unpaired) electrons. The van der Waals surface area contributed by atoms with Crippen LogP contribution in [0.15, 0.2) is 12.1 Å². The molecular formula is C6H9N3OS. The van der Waals surface area contributed by atoms with Gasteiger partial charge < -0.3 is 5.32 Å². The summed E-state index contributed by atoms with van der Waals surface area (Å²) < 4.78 is 0. The second-order valence-corrected chi connectivity index (χ2v) is 2.97. The fourth-order valence-electron chi connectivity index (χ4n) is 0.665. The third-order valence-corrected chi connectivity index (χ3v) is 2.31. The van der Waals surface area contributed by atoms with E-state index < -0.39 is 0 Å². The molecule has 0 saturated carbocycles. The van der Waals surface area contributed by atoms with Crippen molar-refractivity contribution in [3.63, 3.8) is 0 Å². The largest absolute Gasteiger partial charge is 0.380 e. The lowest BCUT2D eigenvalue weighted by atomic mass is 10.4. The number of nitrogens with two attached hydrogens (primary N) is 1. The molecule has 0 fully saturated rings. The molecule has 0 unspecified atom stereocenters. The Hall–Kier alpha value is -1.07. The molecule has 60 valence electrons. The normalized spacial score (nSPS) is 9.27. The average molecular weight is 171 g/mol. The number of hydrogen-bond donors (Lipinski definition) is 3. The van der Waals surface area contributed by atoms with Crippen LogP contribution in [0.1, 0.15) is 9.67 Å². The van der Waals surface area contributed by atoms with Crippen LogP contribution in [0.5, 0.6) is 0 Å². The molecule has 4 nitrogen and oxygen atoms in total. The van der Waals surface area contributed by atoms with Gasteiger partial charge in [-0.25, -0.2) is 5.84 Å². The minimum Gasteiger partial charge on any atom is -0.380 e. The maximum absolute atomic E-state index is 10.9. The second-order valence-electron chi connectivity index (χ2n) is 1.89. The van der Waals surface area contributed by atoms with Crippen LogP contribution in [-0.2, 0) is 0 Å². The molecule has 0 aliphatic heterocycles. The van der Waals surface area contributed by atoms with Crippen LogP contribution in [0.4, 0.5) is 5.00 Å². The first kappa shape index (κ1) is 8.03. The summed E-state index contributed by atoms with van der Waals surface area (Å²) in [6.45, 7) is 0. The van der Waals surface area contributed by atoms with Crippen molar-refractivity contribution in [2.75, 3.05) is 12.4 Å². The summed E-state index contributed by atoms with van der Waals surface area (Å²) in [6, 6.07) is 3.55. The van der Waals surface area contributed by atoms with Crippen LogP contribution >= 0.6 is 11.3 Å². The fourth-order valence-corrected chi connectivity index (χ4v) is 1.43. The van der Waals surface area contributed by atoms with Gasteiger partial charge in [0.25, 0.3) is 5.91 Å². The highest BCUT2D eigenvalue weighted by Crippen LogP contribution is 2.20. The van der Waals surface area contributed by atoms with E-state index in [1.807, 2.05) is 6.07 Å². The Labute approximate surface area is 68.4 Å². The van der Waals surface area contributed by atoms with Crippen LogP contribution < -0.4 is 16.6 Å². The Bertz CT molecular complexity index is 258. The molecule has 0 aromatic carbocycles. The first-order valence-electron chi connectivity index (χ1n) is 3.06. The standard InChI is InChI=1S/C6H9N3OS/c1-8-5-3-2-4(11-5)6(10)9-7/h2-3,8H,7H2,1H3,(H,9,10). The van der Waals surface area contributed by atoms with Crippen molar-refractivity contribution in [3.8, 4) is 0 Å². The molecule has 1 heterocycles. The van der Waals surface area contributed by atoms with Crippen molar-refractivity contribution in [1.29, 1.82) is 0 Å². The van der Waals surface area contributed by atoms with E-state index in [0.29, 0.717) is 4.88 Å². The predicted octanol–water partition coefficient (Wildman–Crippen LogP) is 0.393. The number of hydrogen-bond acceptors (Lipinski definition) is 4. The molecule has 1 rings (SSSR count). The third-order valence-electron chi connectivity index (χ3n) is 1.21. The van der Waals surface area contributed by atoms with Gasteiger partial charge in [0, 0.05) is 7.05 Å². The lowest BCUT2D eigenvalue weighted by Gasteiger charge is -1.92. The zero-order valence-corrected chi connectivity index (χ0v) is 6.87. The zero-order valence-electron chi connectivity index (χ0n) is 6.05. The molecule has 0 saturated heterocycles. The summed E-state index contributed by atoms with van der Waals surface area (Å²) in [5.74, 6) is 4.69. The van der Waals surface area contributed by atoms with Crippen LogP contribution in [0.3, 0.4) is 0 Å². The minimum atomic E-state index is -0.253. The van der Waals surface area contributed by atoms with Crippen molar-refractivity contribution in [3.05, 3.63) is 17.0 Å². The fraction of sp³-hybridized carbons (Fsp3) is 0.167. The number of anilines is 1. The van der Waals surface area contributed by atoms with Crippen molar-refractivity contribution in [1.82, 2.24) is 5.43 Å².